The molecule has 3 rings (SSSR count). The Morgan fingerprint density at radius 1 is 1.14 bits per heavy atom. The zero-order valence-electron chi connectivity index (χ0n) is 15.5. The molecule has 1 aromatic carbocycles. The van der Waals surface area contributed by atoms with Crippen LogP contribution in [0.3, 0.4) is 0 Å². The lowest BCUT2D eigenvalue weighted by Crippen LogP contribution is -2.19. The van der Waals surface area contributed by atoms with E-state index in [4.69, 9.17) is 4.74 Å². The summed E-state index contributed by atoms with van der Waals surface area (Å²) in [5, 5.41) is 4.90. The number of nitrogens with zero attached hydrogens (tertiary/aromatic N) is 4. The second-order valence-corrected chi connectivity index (χ2v) is 6.67. The van der Waals surface area contributed by atoms with E-state index in [1.54, 1.807) is 43.9 Å². The number of methoxy groups -OCH3 is 1. The Bertz CT molecular complexity index is 965. The fourth-order valence-electron chi connectivity index (χ4n) is 2.38. The molecule has 0 radical (unpaired) electrons. The number of nitrogens with one attached hydrogen (secondary N) is 1. The highest BCUT2D eigenvalue weighted by atomic mass is 32.2. The summed E-state index contributed by atoms with van der Waals surface area (Å²) in [7, 11) is 1.64. The lowest BCUT2D eigenvalue weighted by molar-refractivity contribution is 0.0954. The van der Waals surface area contributed by atoms with Gasteiger partial charge in [-0.2, -0.15) is 5.10 Å². The van der Waals surface area contributed by atoms with Crippen molar-refractivity contribution in [1.82, 2.24) is 20.4 Å². The first-order valence-electron chi connectivity index (χ1n) is 8.49. The molecule has 0 spiro atoms. The molecule has 2 heterocycles. The molecule has 1 N–H and O–H groups in total. The first-order chi connectivity index (χ1) is 13.7. The highest BCUT2D eigenvalue weighted by Crippen LogP contribution is 2.27. The van der Waals surface area contributed by atoms with Crippen molar-refractivity contribution in [3.05, 3.63) is 77.9 Å². The van der Waals surface area contributed by atoms with Crippen LogP contribution in [0.2, 0.25) is 0 Å². The van der Waals surface area contributed by atoms with E-state index in [0.717, 1.165) is 16.9 Å². The van der Waals surface area contributed by atoms with E-state index in [0.29, 0.717) is 22.2 Å². The number of carbonyl (C=O) groups is 1. The van der Waals surface area contributed by atoms with E-state index >= 15 is 0 Å². The van der Waals surface area contributed by atoms with Crippen LogP contribution in [0.4, 0.5) is 0 Å². The molecular weight excluding hydrogens is 374 g/mol. The molecule has 0 aliphatic carbocycles. The maximum atomic E-state index is 12.1. The average molecular weight is 393 g/mol. The van der Waals surface area contributed by atoms with Crippen molar-refractivity contribution in [2.45, 2.75) is 17.8 Å². The molecule has 1 amide bonds. The highest BCUT2D eigenvalue weighted by molar-refractivity contribution is 7.98. The summed E-state index contributed by atoms with van der Waals surface area (Å²) < 4.78 is 5.45. The molecule has 142 valence electrons. The Morgan fingerprint density at radius 2 is 1.96 bits per heavy atom. The zero-order valence-corrected chi connectivity index (χ0v) is 16.3. The van der Waals surface area contributed by atoms with E-state index in [-0.39, 0.29) is 5.91 Å². The number of hydrogen-bond donors (Lipinski definition) is 1. The molecule has 0 atom stereocenters. The number of pyridine rings is 1. The quantitative estimate of drug-likeness (QED) is 0.287. The number of hydrazone groups is 1. The number of thioether (sulfide) groups is 1. The maximum Gasteiger partial charge on any atom is 0.272 e. The predicted octanol–water partition coefficient (Wildman–Crippen LogP) is 3.33. The predicted molar refractivity (Wildman–Crippen MR) is 109 cm³/mol. The standard InChI is InChI=1S/C20H19N5O2S/c1-14(24-25-19(26)16-5-3-8-21-12-16)15-6-7-18(27-2)17(11-15)13-28-20-22-9-4-10-23-20/h3-12H,13H2,1-2H3,(H,25,26)/b24-14+. The summed E-state index contributed by atoms with van der Waals surface area (Å²) in [4.78, 5) is 24.5. The highest BCUT2D eigenvalue weighted by Gasteiger charge is 2.09. The molecule has 0 bridgehead atoms. The average Bonchev–Trinajstić information content (AvgIpc) is 2.76. The van der Waals surface area contributed by atoms with Gasteiger partial charge in [0.1, 0.15) is 5.75 Å². The zero-order chi connectivity index (χ0) is 19.8. The van der Waals surface area contributed by atoms with E-state index in [9.17, 15) is 4.79 Å². The van der Waals surface area contributed by atoms with E-state index in [1.165, 1.54) is 18.0 Å². The Balaban J connectivity index is 1.73. The Morgan fingerprint density at radius 3 is 2.68 bits per heavy atom. The van der Waals surface area contributed by atoms with Gasteiger partial charge in [-0.05, 0) is 48.9 Å². The van der Waals surface area contributed by atoms with Crippen LogP contribution in [-0.4, -0.2) is 33.7 Å². The molecule has 0 fully saturated rings. The van der Waals surface area contributed by atoms with Crippen LogP contribution < -0.4 is 10.2 Å². The lowest BCUT2D eigenvalue weighted by Gasteiger charge is -2.10. The monoisotopic (exact) mass is 393 g/mol. The maximum absolute atomic E-state index is 12.1. The Kier molecular flexibility index (Phi) is 6.69. The number of aromatic nitrogens is 3. The number of rotatable bonds is 7. The van der Waals surface area contributed by atoms with Crippen molar-refractivity contribution in [3.8, 4) is 5.75 Å². The molecule has 0 saturated carbocycles. The van der Waals surface area contributed by atoms with E-state index < -0.39 is 0 Å². The summed E-state index contributed by atoms with van der Waals surface area (Å²) in [5.74, 6) is 1.12. The van der Waals surface area contributed by atoms with Crippen molar-refractivity contribution in [2.75, 3.05) is 7.11 Å². The summed E-state index contributed by atoms with van der Waals surface area (Å²) in [6, 6.07) is 11.0. The number of benzene rings is 1. The van der Waals surface area contributed by atoms with Crippen LogP contribution in [0.1, 0.15) is 28.4 Å². The Labute approximate surface area is 167 Å². The second kappa shape index (κ2) is 9.61. The van der Waals surface area contributed by atoms with Crippen molar-refractivity contribution in [3.63, 3.8) is 0 Å². The van der Waals surface area contributed by atoms with Gasteiger partial charge in [-0.25, -0.2) is 15.4 Å². The van der Waals surface area contributed by atoms with Crippen LogP contribution in [-0.2, 0) is 5.75 Å². The fourth-order valence-corrected chi connectivity index (χ4v) is 3.16. The molecule has 7 nitrogen and oxygen atoms in total. The fraction of sp³-hybridized carbons (Fsp3) is 0.150. The normalized spacial score (nSPS) is 11.1. The van der Waals surface area contributed by atoms with Crippen LogP contribution in [0, 0.1) is 0 Å². The molecule has 2 aromatic heterocycles. The van der Waals surface area contributed by atoms with Gasteiger partial charge in [0.25, 0.3) is 5.91 Å². The van der Waals surface area contributed by atoms with Gasteiger partial charge in [0, 0.05) is 36.1 Å². The number of ether oxygens (including phenoxy) is 1. The van der Waals surface area contributed by atoms with Crippen molar-refractivity contribution in [2.24, 2.45) is 5.10 Å². The molecular formula is C20H19N5O2S. The first kappa shape index (κ1) is 19.5. The van der Waals surface area contributed by atoms with Gasteiger partial charge in [0.05, 0.1) is 18.4 Å². The number of amides is 1. The van der Waals surface area contributed by atoms with Gasteiger partial charge in [0.15, 0.2) is 5.16 Å². The van der Waals surface area contributed by atoms with Crippen LogP contribution in [0.25, 0.3) is 0 Å². The summed E-state index contributed by atoms with van der Waals surface area (Å²) in [6.45, 7) is 1.84. The van der Waals surface area contributed by atoms with Gasteiger partial charge in [-0.1, -0.05) is 11.8 Å². The second-order valence-electron chi connectivity index (χ2n) is 5.73. The smallest absolute Gasteiger partial charge is 0.272 e. The first-order valence-corrected chi connectivity index (χ1v) is 9.47. The lowest BCUT2D eigenvalue weighted by atomic mass is 10.1. The number of carbonyl (C=O) groups excluding carboxylic acids is 1. The van der Waals surface area contributed by atoms with Gasteiger partial charge in [-0.3, -0.25) is 9.78 Å². The third-order valence-electron chi connectivity index (χ3n) is 3.85. The third kappa shape index (κ3) is 5.14. The number of hydrogen-bond acceptors (Lipinski definition) is 7. The minimum absolute atomic E-state index is 0.307. The minimum atomic E-state index is -0.307. The topological polar surface area (TPSA) is 89.4 Å². The van der Waals surface area contributed by atoms with Crippen molar-refractivity contribution in [1.29, 1.82) is 0 Å². The molecule has 0 aliphatic heterocycles. The largest absolute Gasteiger partial charge is 0.496 e. The van der Waals surface area contributed by atoms with Gasteiger partial charge in [-0.15, -0.1) is 0 Å². The van der Waals surface area contributed by atoms with Crippen LogP contribution >= 0.6 is 11.8 Å². The van der Waals surface area contributed by atoms with E-state index in [2.05, 4.69) is 25.5 Å². The molecule has 3 aromatic rings. The molecule has 28 heavy (non-hydrogen) atoms. The van der Waals surface area contributed by atoms with Gasteiger partial charge < -0.3 is 4.74 Å². The van der Waals surface area contributed by atoms with Crippen LogP contribution in [0.15, 0.2) is 71.4 Å². The van der Waals surface area contributed by atoms with Crippen molar-refractivity contribution < 1.29 is 9.53 Å². The third-order valence-corrected chi connectivity index (χ3v) is 4.77. The summed E-state index contributed by atoms with van der Waals surface area (Å²) in [6.07, 6.45) is 6.53. The van der Waals surface area contributed by atoms with Crippen molar-refractivity contribution >= 4 is 23.4 Å². The van der Waals surface area contributed by atoms with Gasteiger partial charge >= 0.3 is 0 Å². The van der Waals surface area contributed by atoms with E-state index in [1.807, 2.05) is 25.1 Å². The molecule has 0 aliphatic rings. The Hall–Kier alpha value is -3.26. The SMILES string of the molecule is COc1ccc(/C(C)=N/NC(=O)c2cccnc2)cc1CSc1ncccn1. The van der Waals surface area contributed by atoms with Gasteiger partial charge in [0.2, 0.25) is 0 Å². The summed E-state index contributed by atoms with van der Waals surface area (Å²) in [5.41, 5.74) is 5.57. The minimum Gasteiger partial charge on any atom is -0.496 e. The molecule has 0 saturated heterocycles. The molecule has 8 heteroatoms. The summed E-state index contributed by atoms with van der Waals surface area (Å²) >= 11 is 1.52. The molecule has 0 unspecified atom stereocenters. The van der Waals surface area contributed by atoms with Crippen LogP contribution in [0.5, 0.6) is 5.75 Å².